The van der Waals surface area contributed by atoms with Crippen LogP contribution in [0.25, 0.3) is 0 Å². The lowest BCUT2D eigenvalue weighted by molar-refractivity contribution is 0.377. The van der Waals surface area contributed by atoms with Crippen LogP contribution in [0, 0.1) is 0 Å². The second-order valence-electron chi connectivity index (χ2n) is 5.75. The Kier molecular flexibility index (Phi) is 5.08. The van der Waals surface area contributed by atoms with Gasteiger partial charge in [-0.1, -0.05) is 30.3 Å². The maximum Gasteiger partial charge on any atom is 0.111 e. The lowest BCUT2D eigenvalue weighted by Crippen LogP contribution is -2.40. The standard InChI is InChI=1S/C18H24N2O/c1-2-5-15(6-3-1)17(18-7-4-14-21-18)10-13-20-16-8-11-19-12-9-16/h1-7,14,16-17,19-20H,8-13H2/t17-/m0/s1. The summed E-state index contributed by atoms with van der Waals surface area (Å²) in [6, 6.07) is 15.4. The topological polar surface area (TPSA) is 37.2 Å². The summed E-state index contributed by atoms with van der Waals surface area (Å²) >= 11 is 0. The van der Waals surface area contributed by atoms with E-state index in [2.05, 4.69) is 47.0 Å². The first-order valence-electron chi connectivity index (χ1n) is 7.96. The van der Waals surface area contributed by atoms with Crippen LogP contribution in [-0.2, 0) is 0 Å². The lowest BCUT2D eigenvalue weighted by Gasteiger charge is -2.25. The van der Waals surface area contributed by atoms with Gasteiger partial charge in [-0.2, -0.15) is 0 Å². The predicted octanol–water partition coefficient (Wildman–Crippen LogP) is 3.14. The molecule has 2 aromatic rings. The number of rotatable bonds is 6. The van der Waals surface area contributed by atoms with E-state index in [4.69, 9.17) is 4.42 Å². The van der Waals surface area contributed by atoms with Crippen LogP contribution in [0.2, 0.25) is 0 Å². The minimum absolute atomic E-state index is 0.343. The third-order valence-electron chi connectivity index (χ3n) is 4.29. The number of piperidine rings is 1. The van der Waals surface area contributed by atoms with Crippen molar-refractivity contribution in [2.75, 3.05) is 19.6 Å². The van der Waals surface area contributed by atoms with Crippen LogP contribution in [0.4, 0.5) is 0 Å². The molecule has 0 radical (unpaired) electrons. The van der Waals surface area contributed by atoms with E-state index in [0.29, 0.717) is 12.0 Å². The van der Waals surface area contributed by atoms with Crippen LogP contribution in [0.5, 0.6) is 0 Å². The van der Waals surface area contributed by atoms with Crippen molar-refractivity contribution in [3.8, 4) is 0 Å². The van der Waals surface area contributed by atoms with Gasteiger partial charge in [0.1, 0.15) is 5.76 Å². The molecule has 2 heterocycles. The summed E-state index contributed by atoms with van der Waals surface area (Å²) in [6.45, 7) is 3.31. The largest absolute Gasteiger partial charge is 0.469 e. The molecule has 1 saturated heterocycles. The fourth-order valence-corrected chi connectivity index (χ4v) is 3.11. The Labute approximate surface area is 126 Å². The van der Waals surface area contributed by atoms with Gasteiger partial charge in [0.25, 0.3) is 0 Å². The molecular weight excluding hydrogens is 260 g/mol. The van der Waals surface area contributed by atoms with Crippen LogP contribution in [0.1, 0.15) is 36.5 Å². The Morgan fingerprint density at radius 3 is 2.62 bits per heavy atom. The molecule has 0 amide bonds. The number of nitrogens with one attached hydrogen (secondary N) is 2. The van der Waals surface area contributed by atoms with Crippen molar-refractivity contribution in [1.82, 2.24) is 10.6 Å². The minimum atomic E-state index is 0.343. The van der Waals surface area contributed by atoms with Crippen molar-refractivity contribution in [3.05, 3.63) is 60.1 Å². The molecule has 3 rings (SSSR count). The summed E-state index contributed by atoms with van der Waals surface area (Å²) < 4.78 is 5.65. The van der Waals surface area contributed by atoms with Crippen LogP contribution in [0.3, 0.4) is 0 Å². The van der Waals surface area contributed by atoms with Crippen molar-refractivity contribution < 1.29 is 4.42 Å². The second-order valence-corrected chi connectivity index (χ2v) is 5.75. The average Bonchev–Trinajstić information content (AvgIpc) is 3.07. The maximum atomic E-state index is 5.65. The van der Waals surface area contributed by atoms with Crippen LogP contribution >= 0.6 is 0 Å². The van der Waals surface area contributed by atoms with Crippen molar-refractivity contribution >= 4 is 0 Å². The van der Waals surface area contributed by atoms with E-state index < -0.39 is 0 Å². The molecule has 1 fully saturated rings. The summed E-state index contributed by atoms with van der Waals surface area (Å²) in [5.41, 5.74) is 1.33. The Morgan fingerprint density at radius 1 is 1.10 bits per heavy atom. The van der Waals surface area contributed by atoms with Gasteiger partial charge in [0.2, 0.25) is 0 Å². The van der Waals surface area contributed by atoms with Gasteiger partial charge >= 0.3 is 0 Å². The summed E-state index contributed by atoms with van der Waals surface area (Å²) in [5.74, 6) is 1.41. The van der Waals surface area contributed by atoms with Gasteiger partial charge in [-0.25, -0.2) is 0 Å². The van der Waals surface area contributed by atoms with E-state index in [1.165, 1.54) is 18.4 Å². The molecule has 3 nitrogen and oxygen atoms in total. The molecule has 1 aromatic carbocycles. The quantitative estimate of drug-likeness (QED) is 0.855. The SMILES string of the molecule is c1ccc([C@H](CCNC2CCNCC2)c2ccco2)cc1. The molecule has 0 unspecified atom stereocenters. The summed E-state index contributed by atoms with van der Waals surface area (Å²) in [4.78, 5) is 0. The summed E-state index contributed by atoms with van der Waals surface area (Å²) in [6.07, 6.45) is 5.31. The minimum Gasteiger partial charge on any atom is -0.469 e. The number of benzene rings is 1. The fraction of sp³-hybridized carbons (Fsp3) is 0.444. The molecule has 2 N–H and O–H groups in total. The zero-order valence-corrected chi connectivity index (χ0v) is 12.4. The highest BCUT2D eigenvalue weighted by atomic mass is 16.3. The highest BCUT2D eigenvalue weighted by molar-refractivity contribution is 5.27. The molecule has 21 heavy (non-hydrogen) atoms. The number of furan rings is 1. The Hall–Kier alpha value is -1.58. The van der Waals surface area contributed by atoms with Crippen molar-refractivity contribution in [1.29, 1.82) is 0 Å². The Balaban J connectivity index is 1.60. The van der Waals surface area contributed by atoms with E-state index in [0.717, 1.165) is 31.8 Å². The molecule has 1 atom stereocenters. The van der Waals surface area contributed by atoms with Gasteiger partial charge in [-0.3, -0.25) is 0 Å². The maximum absolute atomic E-state index is 5.65. The highest BCUT2D eigenvalue weighted by Crippen LogP contribution is 2.27. The lowest BCUT2D eigenvalue weighted by atomic mass is 9.93. The Bertz CT molecular complexity index is 503. The zero-order chi connectivity index (χ0) is 14.3. The second kappa shape index (κ2) is 7.43. The average molecular weight is 284 g/mol. The fourth-order valence-electron chi connectivity index (χ4n) is 3.11. The first kappa shape index (κ1) is 14.4. The van der Waals surface area contributed by atoms with Crippen LogP contribution < -0.4 is 10.6 Å². The van der Waals surface area contributed by atoms with Crippen LogP contribution in [-0.4, -0.2) is 25.7 Å². The monoisotopic (exact) mass is 284 g/mol. The third-order valence-corrected chi connectivity index (χ3v) is 4.29. The summed E-state index contributed by atoms with van der Waals surface area (Å²) in [5, 5.41) is 7.11. The molecule has 112 valence electrons. The van der Waals surface area contributed by atoms with Gasteiger partial charge in [0.15, 0.2) is 0 Å². The van der Waals surface area contributed by atoms with Crippen molar-refractivity contribution in [2.24, 2.45) is 0 Å². The third kappa shape index (κ3) is 3.96. The Morgan fingerprint density at radius 2 is 1.90 bits per heavy atom. The summed E-state index contributed by atoms with van der Waals surface area (Å²) in [7, 11) is 0. The van der Waals surface area contributed by atoms with E-state index in [-0.39, 0.29) is 0 Å². The van der Waals surface area contributed by atoms with Gasteiger partial charge in [-0.05, 0) is 56.6 Å². The first-order valence-corrected chi connectivity index (χ1v) is 7.96. The van der Waals surface area contributed by atoms with E-state index in [9.17, 15) is 0 Å². The number of hydrogen-bond donors (Lipinski definition) is 2. The van der Waals surface area contributed by atoms with Crippen LogP contribution in [0.15, 0.2) is 53.1 Å². The predicted molar refractivity (Wildman–Crippen MR) is 85.5 cm³/mol. The molecule has 0 saturated carbocycles. The van der Waals surface area contributed by atoms with E-state index in [1.54, 1.807) is 6.26 Å². The molecule has 1 aliphatic rings. The van der Waals surface area contributed by atoms with Crippen molar-refractivity contribution in [3.63, 3.8) is 0 Å². The molecular formula is C18H24N2O. The molecule has 1 aromatic heterocycles. The molecule has 0 spiro atoms. The smallest absolute Gasteiger partial charge is 0.111 e. The highest BCUT2D eigenvalue weighted by Gasteiger charge is 2.18. The van der Waals surface area contributed by atoms with E-state index >= 15 is 0 Å². The van der Waals surface area contributed by atoms with Gasteiger partial charge in [-0.15, -0.1) is 0 Å². The molecule has 1 aliphatic heterocycles. The molecule has 0 bridgehead atoms. The van der Waals surface area contributed by atoms with Gasteiger partial charge < -0.3 is 15.1 Å². The normalized spacial score (nSPS) is 17.7. The van der Waals surface area contributed by atoms with Gasteiger partial charge in [0.05, 0.1) is 6.26 Å². The van der Waals surface area contributed by atoms with Crippen molar-refractivity contribution in [2.45, 2.75) is 31.2 Å². The molecule has 3 heteroatoms. The van der Waals surface area contributed by atoms with Gasteiger partial charge in [0, 0.05) is 12.0 Å². The zero-order valence-electron chi connectivity index (χ0n) is 12.4. The van der Waals surface area contributed by atoms with E-state index in [1.807, 2.05) is 6.07 Å². The molecule has 0 aliphatic carbocycles. The first-order chi connectivity index (χ1) is 10.4. The number of hydrogen-bond acceptors (Lipinski definition) is 3.